The summed E-state index contributed by atoms with van der Waals surface area (Å²) in [5.41, 5.74) is 0. The molecule has 4 aliphatic carbocycles. The molecule has 6 rings (SSSR count). The van der Waals surface area contributed by atoms with Crippen molar-refractivity contribution in [3.8, 4) is 0 Å². The highest BCUT2D eigenvalue weighted by Crippen LogP contribution is 2.23. The molecule has 0 aromatic carbocycles. The van der Waals surface area contributed by atoms with Crippen molar-refractivity contribution in [2.24, 2.45) is 15.0 Å². The molecule has 4 saturated carbocycles. The predicted molar refractivity (Wildman–Crippen MR) is 215 cm³/mol. The van der Waals surface area contributed by atoms with Crippen LogP contribution in [0.1, 0.15) is 182 Å². The molecule has 0 bridgehead atoms. The van der Waals surface area contributed by atoms with Crippen molar-refractivity contribution in [3.63, 3.8) is 0 Å². The predicted octanol–water partition coefficient (Wildman–Crippen LogP) is 6.85. The van der Waals surface area contributed by atoms with Crippen LogP contribution >= 0.6 is 0 Å². The molecule has 6 aliphatic rings. The summed E-state index contributed by atoms with van der Waals surface area (Å²) >= 11 is 0. The van der Waals surface area contributed by atoms with Gasteiger partial charge in [-0.05, 0) is 51.4 Å². The molecule has 3 N–H and O–H groups in total. The molecule has 0 spiro atoms. The summed E-state index contributed by atoms with van der Waals surface area (Å²) in [5, 5.41) is 19.8. The van der Waals surface area contributed by atoms with Gasteiger partial charge in [-0.3, -0.25) is 34.0 Å². The van der Waals surface area contributed by atoms with E-state index in [0.29, 0.717) is 35.3 Å². The van der Waals surface area contributed by atoms with Crippen LogP contribution < -0.4 is 5.32 Å². The third-order valence-electron chi connectivity index (χ3n) is 9.93. The molecule has 58 heavy (non-hydrogen) atoms. The number of rotatable bonds is 5. The van der Waals surface area contributed by atoms with E-state index in [9.17, 15) is 28.8 Å². The number of carboxylic acid groups (broad SMARTS) is 1. The highest BCUT2D eigenvalue weighted by Gasteiger charge is 2.32. The first-order valence-electron chi connectivity index (χ1n) is 20.7. The van der Waals surface area contributed by atoms with Gasteiger partial charge < -0.3 is 20.0 Å². The van der Waals surface area contributed by atoms with Gasteiger partial charge in [0, 0.05) is 52.5 Å². The number of hydrogen-bond acceptors (Lipinski definition) is 13. The molecule has 17 heteroatoms. The van der Waals surface area contributed by atoms with Crippen LogP contribution in [0.4, 0.5) is 0 Å². The van der Waals surface area contributed by atoms with E-state index < -0.39 is 35.6 Å². The molecule has 2 saturated heterocycles. The summed E-state index contributed by atoms with van der Waals surface area (Å²) in [6, 6.07) is 5.26. The molecule has 17 nitrogen and oxygen atoms in total. The van der Waals surface area contributed by atoms with E-state index in [1.54, 1.807) is 0 Å². The van der Waals surface area contributed by atoms with Crippen molar-refractivity contribution in [3.05, 3.63) is 0 Å². The topological polar surface area (TPSA) is 234 Å². The molecule has 2 aliphatic heterocycles. The number of nitrogens with one attached hydrogen (secondary N) is 1. The summed E-state index contributed by atoms with van der Waals surface area (Å²) in [6.07, 6.45) is 26.0. The molecule has 4 amide bonds. The van der Waals surface area contributed by atoms with E-state index in [1.807, 2.05) is 0 Å². The van der Waals surface area contributed by atoms with Gasteiger partial charge in [0.05, 0.1) is 24.1 Å². The van der Waals surface area contributed by atoms with Gasteiger partial charge in [-0.2, -0.15) is 5.06 Å². The number of carboxylic acids is 1. The van der Waals surface area contributed by atoms with E-state index in [4.69, 9.17) is 19.8 Å². The second kappa shape index (κ2) is 29.7. The maximum absolute atomic E-state index is 11.2. The number of carbonyl (C=O) groups is 7. The minimum atomic E-state index is -0.833. The molecule has 0 unspecified atom stereocenters. The molecule has 6 fully saturated rings. The fourth-order valence-corrected chi connectivity index (χ4v) is 6.99. The van der Waals surface area contributed by atoms with Gasteiger partial charge in [-0.15, -0.1) is 5.06 Å². The highest BCUT2D eigenvalue weighted by molar-refractivity contribution is 6.01. The summed E-state index contributed by atoms with van der Waals surface area (Å²) in [5.74, 6) is -3.69. The average molecular weight is 821 g/mol. The van der Waals surface area contributed by atoms with Crippen LogP contribution in [0.3, 0.4) is 0 Å². The van der Waals surface area contributed by atoms with E-state index in [0.717, 1.165) is 39.5 Å². The van der Waals surface area contributed by atoms with Crippen molar-refractivity contribution < 1.29 is 53.4 Å². The van der Waals surface area contributed by atoms with Crippen LogP contribution in [0.5, 0.6) is 0 Å². The smallest absolute Gasteiger partial charge is 0.330 e. The average Bonchev–Trinajstić information content (AvgIpc) is 3.66. The lowest BCUT2D eigenvalue weighted by atomic mass is 9.95. The van der Waals surface area contributed by atoms with Gasteiger partial charge in [-0.25, -0.2) is 19.8 Å². The Bertz CT molecular complexity index is 1350. The Morgan fingerprint density at radius 2 is 0.966 bits per heavy atom. The van der Waals surface area contributed by atoms with Crippen LogP contribution in [0.15, 0.2) is 15.0 Å². The standard InChI is InChI=1S/C15H26N2O2.C13H22N2.C6H7NO4.C4H5NO3.C2H4O2.CH4/c1-12(18)19-15(16-13-8-4-2-5-9-13)17-14-10-6-3-7-11-14;1-3-7-12(8-4-1)14-11-15-13-9-5-2-6-10-13;1-4(8)11-7-5(9)2-3-6(7)10;6-3-1-2-4(7)5(3)8;1-2(3)4;/h13-14H,2-11H2,1H3,(H,16,17);12-13H,1-10H2;2-3H2,1H3;8H,1-2H2;1H3,(H,3,4);1H4. The Labute approximate surface area is 343 Å². The monoisotopic (exact) mass is 820 g/mol. The van der Waals surface area contributed by atoms with Gasteiger partial charge in [0.15, 0.2) is 0 Å². The third-order valence-corrected chi connectivity index (χ3v) is 9.93. The lowest BCUT2D eigenvalue weighted by molar-refractivity contribution is -0.195. The van der Waals surface area contributed by atoms with Gasteiger partial charge in [0.1, 0.15) is 0 Å². The second-order valence-corrected chi connectivity index (χ2v) is 15.0. The third kappa shape index (κ3) is 23.0. The zero-order chi connectivity index (χ0) is 42.0. The fraction of sp³-hybridized carbons (Fsp3) is 0.780. The van der Waals surface area contributed by atoms with E-state index in [2.05, 4.69) is 31.1 Å². The highest BCUT2D eigenvalue weighted by atomic mass is 16.7. The second-order valence-electron chi connectivity index (χ2n) is 15.0. The normalized spacial score (nSPS) is 20.4. The Hall–Kier alpha value is -4.50. The number of esters is 1. The Morgan fingerprint density at radius 1 is 0.603 bits per heavy atom. The Kier molecular flexibility index (Phi) is 26.4. The molecule has 0 atom stereocenters. The van der Waals surface area contributed by atoms with Crippen LogP contribution in [-0.4, -0.2) is 98.2 Å². The largest absolute Gasteiger partial charge is 0.481 e. The van der Waals surface area contributed by atoms with Crippen molar-refractivity contribution in [1.82, 2.24) is 15.4 Å². The number of hydroxylamine groups is 4. The number of aliphatic imine (C=N–C) groups is 3. The Balaban J connectivity index is 0.000000387. The first-order valence-corrected chi connectivity index (χ1v) is 20.7. The van der Waals surface area contributed by atoms with Crippen LogP contribution in [-0.2, 0) is 43.1 Å². The van der Waals surface area contributed by atoms with Gasteiger partial charge in [0.25, 0.3) is 35.6 Å². The first-order chi connectivity index (χ1) is 27.2. The molecule has 0 aromatic rings. The minimum absolute atomic E-state index is 0. The number of hydrogen-bond donors (Lipinski definition) is 3. The number of aliphatic carboxylic acids is 1. The molecule has 2 heterocycles. The fourth-order valence-electron chi connectivity index (χ4n) is 6.99. The first kappa shape index (κ1) is 51.5. The maximum atomic E-state index is 11.2. The lowest BCUT2D eigenvalue weighted by Gasteiger charge is -2.25. The number of ether oxygens (including phenoxy) is 1. The number of carbonyl (C=O) groups excluding carboxylic acids is 6. The summed E-state index contributed by atoms with van der Waals surface area (Å²) in [6.45, 7) is 3.66. The van der Waals surface area contributed by atoms with Crippen LogP contribution in [0, 0.1) is 0 Å². The van der Waals surface area contributed by atoms with Crippen LogP contribution in [0.25, 0.3) is 0 Å². The number of amides is 4. The van der Waals surface area contributed by atoms with E-state index in [1.165, 1.54) is 110 Å². The lowest BCUT2D eigenvalue weighted by Crippen LogP contribution is -2.39. The summed E-state index contributed by atoms with van der Waals surface area (Å²) in [7, 11) is 0. The van der Waals surface area contributed by atoms with Gasteiger partial charge in [0.2, 0.25) is 0 Å². The van der Waals surface area contributed by atoms with E-state index >= 15 is 0 Å². The van der Waals surface area contributed by atoms with Gasteiger partial charge >= 0.3 is 11.9 Å². The number of nitrogens with zero attached hydrogens (tertiary/aromatic N) is 5. The Morgan fingerprint density at radius 3 is 1.31 bits per heavy atom. The van der Waals surface area contributed by atoms with Crippen LogP contribution in [0.2, 0.25) is 0 Å². The van der Waals surface area contributed by atoms with E-state index in [-0.39, 0.29) is 44.1 Å². The zero-order valence-corrected chi connectivity index (χ0v) is 34.1. The number of amidine groups is 1. The summed E-state index contributed by atoms with van der Waals surface area (Å²) in [4.78, 5) is 90.4. The summed E-state index contributed by atoms with van der Waals surface area (Å²) < 4.78 is 5.26. The van der Waals surface area contributed by atoms with Crippen molar-refractivity contribution >= 4 is 53.6 Å². The van der Waals surface area contributed by atoms with Crippen molar-refractivity contribution in [2.75, 3.05) is 0 Å². The molecule has 0 aromatic heterocycles. The molecular weight excluding hydrogens is 752 g/mol. The minimum Gasteiger partial charge on any atom is -0.481 e. The quantitative estimate of drug-likeness (QED) is 0.0849. The van der Waals surface area contributed by atoms with Crippen molar-refractivity contribution in [1.29, 1.82) is 0 Å². The SMILES string of the molecule is C.C(=NC1CCCCC1)=NC1CCCCC1.CC(=O)O.CC(=O)OC(=NC1CCCCC1)NC1CCCCC1.CC(=O)ON1C(=O)CCC1=O.O=C1CCC(=O)N1O. The van der Waals surface area contributed by atoms with Crippen molar-refractivity contribution in [2.45, 2.75) is 206 Å². The molecule has 0 radical (unpaired) electrons. The number of imide groups is 2. The maximum Gasteiger partial charge on any atom is 0.330 e. The molecular formula is C41H68N6O11. The zero-order valence-electron chi connectivity index (χ0n) is 34.1. The van der Waals surface area contributed by atoms with Gasteiger partial charge in [-0.1, -0.05) is 84.5 Å². The molecule has 328 valence electrons.